The molecule has 2 aromatic heterocycles. The second kappa shape index (κ2) is 7.53. The Kier molecular flexibility index (Phi) is 4.74. The van der Waals surface area contributed by atoms with Crippen LogP contribution in [0.2, 0.25) is 0 Å². The molecule has 7 heteroatoms. The third-order valence-electron chi connectivity index (χ3n) is 4.80. The van der Waals surface area contributed by atoms with Crippen LogP contribution >= 0.6 is 0 Å². The van der Waals surface area contributed by atoms with E-state index in [1.807, 2.05) is 12.1 Å². The number of anilines is 1. The first-order valence-electron chi connectivity index (χ1n) is 9.11. The maximum atomic E-state index is 13.2. The number of carboxylic acids is 1. The molecule has 0 spiro atoms. The van der Waals surface area contributed by atoms with Crippen molar-refractivity contribution in [2.45, 2.75) is 6.92 Å². The van der Waals surface area contributed by atoms with Gasteiger partial charge in [0.05, 0.1) is 21.8 Å². The summed E-state index contributed by atoms with van der Waals surface area (Å²) in [6.07, 6.45) is 4.10. The highest BCUT2D eigenvalue weighted by molar-refractivity contribution is 5.85. The molecular weight excluding hydrogens is 380 g/mol. The lowest BCUT2D eigenvalue weighted by atomic mass is 10.1. The van der Waals surface area contributed by atoms with Gasteiger partial charge in [-0.1, -0.05) is 24.3 Å². The van der Waals surface area contributed by atoms with Crippen molar-refractivity contribution in [3.63, 3.8) is 0 Å². The highest BCUT2D eigenvalue weighted by Gasteiger charge is 2.15. The first-order chi connectivity index (χ1) is 14.5. The van der Waals surface area contributed by atoms with E-state index in [4.69, 9.17) is 5.11 Å². The summed E-state index contributed by atoms with van der Waals surface area (Å²) in [6.45, 7) is 1.72. The molecule has 0 aliphatic rings. The Hall–Kier alpha value is -4.44. The topological polar surface area (TPSA) is 107 Å². The Labute approximate surface area is 170 Å². The van der Waals surface area contributed by atoms with Crippen LogP contribution in [0.15, 0.2) is 59.4 Å². The highest BCUT2D eigenvalue weighted by Crippen LogP contribution is 2.18. The lowest BCUT2D eigenvalue weighted by Gasteiger charge is -2.05. The van der Waals surface area contributed by atoms with Crippen LogP contribution < -0.4 is 16.1 Å². The molecule has 0 aliphatic heterocycles. The van der Waals surface area contributed by atoms with Crippen LogP contribution in [-0.4, -0.2) is 20.5 Å². The minimum Gasteiger partial charge on any atom is -0.478 e. The summed E-state index contributed by atoms with van der Waals surface area (Å²) in [7, 11) is 0. The van der Waals surface area contributed by atoms with Crippen LogP contribution in [0.5, 0.6) is 0 Å². The number of para-hydroxylation sites is 2. The summed E-state index contributed by atoms with van der Waals surface area (Å²) in [5.74, 6) is -1.03. The first-order valence-corrected chi connectivity index (χ1v) is 9.11. The smallest absolute Gasteiger partial charge is 0.328 e. The van der Waals surface area contributed by atoms with Crippen LogP contribution in [0, 0.1) is 18.3 Å². The molecule has 0 saturated heterocycles. The Morgan fingerprint density at radius 1 is 1.23 bits per heavy atom. The van der Waals surface area contributed by atoms with Gasteiger partial charge in [0.1, 0.15) is 6.07 Å². The number of hydrogen-bond donors (Lipinski definition) is 2. The third-order valence-corrected chi connectivity index (χ3v) is 4.80. The van der Waals surface area contributed by atoms with Gasteiger partial charge >= 0.3 is 5.97 Å². The molecule has 0 bridgehead atoms. The largest absolute Gasteiger partial charge is 0.478 e. The fraction of sp³-hybridized carbons (Fsp3) is 0.0435. The molecule has 146 valence electrons. The normalized spacial score (nSPS) is 11.9. The van der Waals surface area contributed by atoms with Gasteiger partial charge in [-0.3, -0.25) is 9.20 Å². The van der Waals surface area contributed by atoms with E-state index in [0.29, 0.717) is 44.3 Å². The van der Waals surface area contributed by atoms with Gasteiger partial charge in [-0.2, -0.15) is 5.26 Å². The third kappa shape index (κ3) is 3.27. The Bertz CT molecular complexity index is 1490. The number of benzene rings is 2. The second-order valence-electron chi connectivity index (χ2n) is 6.68. The van der Waals surface area contributed by atoms with Crippen molar-refractivity contribution < 1.29 is 9.90 Å². The molecule has 0 radical (unpaired) electrons. The van der Waals surface area contributed by atoms with E-state index in [1.165, 1.54) is 10.5 Å². The summed E-state index contributed by atoms with van der Waals surface area (Å²) in [5.41, 5.74) is 3.62. The van der Waals surface area contributed by atoms with E-state index in [-0.39, 0.29) is 5.56 Å². The van der Waals surface area contributed by atoms with Crippen molar-refractivity contribution >= 4 is 40.6 Å². The minimum absolute atomic E-state index is 0.273. The van der Waals surface area contributed by atoms with E-state index < -0.39 is 5.97 Å². The fourth-order valence-electron chi connectivity index (χ4n) is 3.34. The van der Waals surface area contributed by atoms with Gasteiger partial charge in [0.25, 0.3) is 5.56 Å². The molecule has 2 N–H and O–H groups in total. The number of rotatable bonds is 4. The van der Waals surface area contributed by atoms with E-state index in [2.05, 4.69) is 16.4 Å². The zero-order valence-corrected chi connectivity index (χ0v) is 16.0. The number of pyridine rings is 1. The SMILES string of the molecule is Cc1c(C#N)c2nc3ccccc3n2c(=O)c1=CNc1cccc(/C=C/C(=O)O)c1. The summed E-state index contributed by atoms with van der Waals surface area (Å²) in [6, 6.07) is 16.5. The number of carbonyl (C=O) groups is 1. The minimum atomic E-state index is -1.03. The monoisotopic (exact) mass is 396 g/mol. The summed E-state index contributed by atoms with van der Waals surface area (Å²) in [4.78, 5) is 28.4. The molecule has 0 saturated carbocycles. The molecule has 30 heavy (non-hydrogen) atoms. The number of nitrogens with zero attached hydrogens (tertiary/aromatic N) is 3. The molecule has 2 aromatic carbocycles. The maximum absolute atomic E-state index is 13.2. The average molecular weight is 396 g/mol. The molecule has 0 atom stereocenters. The molecule has 7 nitrogen and oxygen atoms in total. The summed E-state index contributed by atoms with van der Waals surface area (Å²) < 4.78 is 1.46. The molecule has 0 unspecified atom stereocenters. The summed E-state index contributed by atoms with van der Waals surface area (Å²) >= 11 is 0. The first kappa shape index (κ1) is 18.9. The number of hydrogen-bond acceptors (Lipinski definition) is 5. The quantitative estimate of drug-likeness (QED) is 0.514. The second-order valence-corrected chi connectivity index (χ2v) is 6.68. The van der Waals surface area contributed by atoms with E-state index in [0.717, 1.165) is 6.08 Å². The van der Waals surface area contributed by atoms with Gasteiger partial charge < -0.3 is 10.4 Å². The number of imidazole rings is 1. The highest BCUT2D eigenvalue weighted by atomic mass is 16.4. The predicted molar refractivity (Wildman–Crippen MR) is 115 cm³/mol. The van der Waals surface area contributed by atoms with Crippen molar-refractivity contribution in [1.29, 1.82) is 5.26 Å². The lowest BCUT2D eigenvalue weighted by Crippen LogP contribution is -2.34. The fourth-order valence-corrected chi connectivity index (χ4v) is 3.34. The van der Waals surface area contributed by atoms with E-state index in [1.54, 1.807) is 49.5 Å². The number of aromatic nitrogens is 2. The van der Waals surface area contributed by atoms with Gasteiger partial charge in [-0.05, 0) is 48.4 Å². The van der Waals surface area contributed by atoms with Crippen LogP contribution in [0.1, 0.15) is 16.7 Å². The predicted octanol–water partition coefficient (Wildman–Crippen LogP) is 2.69. The van der Waals surface area contributed by atoms with Crippen LogP contribution in [0.4, 0.5) is 5.69 Å². The van der Waals surface area contributed by atoms with Crippen LogP contribution in [0.3, 0.4) is 0 Å². The Morgan fingerprint density at radius 2 is 2.03 bits per heavy atom. The number of aliphatic carboxylic acids is 1. The van der Waals surface area contributed by atoms with Crippen molar-refractivity contribution in [2.75, 3.05) is 5.32 Å². The van der Waals surface area contributed by atoms with Gasteiger partial charge in [0, 0.05) is 18.0 Å². The number of nitrogens with one attached hydrogen (secondary N) is 1. The van der Waals surface area contributed by atoms with E-state index >= 15 is 0 Å². The van der Waals surface area contributed by atoms with Gasteiger partial charge in [-0.15, -0.1) is 0 Å². The zero-order valence-electron chi connectivity index (χ0n) is 16.0. The average Bonchev–Trinajstić information content (AvgIpc) is 3.12. The Morgan fingerprint density at radius 3 is 2.80 bits per heavy atom. The number of fused-ring (bicyclic) bond motifs is 3. The number of carboxylic acid groups (broad SMARTS) is 1. The van der Waals surface area contributed by atoms with Gasteiger partial charge in [0.2, 0.25) is 0 Å². The van der Waals surface area contributed by atoms with Crippen molar-refractivity contribution in [1.82, 2.24) is 9.38 Å². The van der Waals surface area contributed by atoms with Crippen molar-refractivity contribution in [3.05, 3.63) is 86.9 Å². The molecule has 0 fully saturated rings. The van der Waals surface area contributed by atoms with Crippen LogP contribution in [-0.2, 0) is 4.79 Å². The maximum Gasteiger partial charge on any atom is 0.328 e. The zero-order chi connectivity index (χ0) is 21.3. The number of nitriles is 1. The molecule has 2 heterocycles. The summed E-state index contributed by atoms with van der Waals surface area (Å²) in [5, 5.41) is 21.9. The van der Waals surface area contributed by atoms with Gasteiger partial charge in [-0.25, -0.2) is 9.78 Å². The molecular formula is C23H16N4O3. The standard InChI is InChI=1S/C23H16N4O3/c1-14-17(12-24)22-26-19-7-2-3-8-20(19)27(22)23(30)18(14)13-25-16-6-4-5-15(11-16)9-10-21(28)29/h2-11,13,25H,1H3,(H,28,29)/b10-9+,18-13?. The van der Waals surface area contributed by atoms with E-state index in [9.17, 15) is 14.9 Å². The lowest BCUT2D eigenvalue weighted by molar-refractivity contribution is -0.131. The van der Waals surface area contributed by atoms with Crippen LogP contribution in [0.25, 0.3) is 29.0 Å². The molecule has 0 amide bonds. The van der Waals surface area contributed by atoms with Crippen molar-refractivity contribution in [3.8, 4) is 6.07 Å². The molecule has 4 rings (SSSR count). The molecule has 0 aliphatic carbocycles. The van der Waals surface area contributed by atoms with Gasteiger partial charge in [0.15, 0.2) is 5.65 Å². The Balaban J connectivity index is 1.87. The van der Waals surface area contributed by atoms with Crippen molar-refractivity contribution in [2.24, 2.45) is 0 Å². The molecule has 4 aromatic rings.